The third kappa shape index (κ3) is 67.4. The summed E-state index contributed by atoms with van der Waals surface area (Å²) in [5.74, 6) is -0.889. The first-order valence-corrected chi connectivity index (χ1v) is 35.6. The third-order valence-electron chi connectivity index (χ3n) is 15.6. The molecule has 82 heavy (non-hydrogen) atoms. The van der Waals surface area contributed by atoms with Gasteiger partial charge in [-0.05, 0) is 96.3 Å². The monoisotopic (exact) mass is 1140 g/mol. The highest BCUT2D eigenvalue weighted by Gasteiger charge is 2.19. The van der Waals surface area contributed by atoms with Gasteiger partial charge in [-0.15, -0.1) is 0 Å². The molecule has 0 fully saturated rings. The quantitative estimate of drug-likeness (QED) is 0.0261. The molecular weight excluding hydrogens is 1010 g/mol. The summed E-state index contributed by atoms with van der Waals surface area (Å²) >= 11 is 0. The normalized spacial score (nSPS) is 12.6. The summed E-state index contributed by atoms with van der Waals surface area (Å²) in [6.07, 6.45) is 93.2. The maximum atomic E-state index is 13.0. The minimum Gasteiger partial charge on any atom is -0.462 e. The van der Waals surface area contributed by atoms with Crippen LogP contribution in [0.5, 0.6) is 0 Å². The number of unbranched alkanes of at least 4 members (excludes halogenated alkanes) is 40. The van der Waals surface area contributed by atoms with E-state index in [2.05, 4.69) is 106 Å². The molecule has 6 nitrogen and oxygen atoms in total. The summed E-state index contributed by atoms with van der Waals surface area (Å²) < 4.78 is 17.0. The van der Waals surface area contributed by atoms with Gasteiger partial charge in [-0.25, -0.2) is 0 Å². The van der Waals surface area contributed by atoms with Gasteiger partial charge < -0.3 is 14.2 Å². The molecule has 0 heterocycles. The van der Waals surface area contributed by atoms with Crippen molar-refractivity contribution in [3.63, 3.8) is 0 Å². The Bertz CT molecular complexity index is 1550. The largest absolute Gasteiger partial charge is 0.462 e. The molecule has 0 aromatic heterocycles. The van der Waals surface area contributed by atoms with Crippen LogP contribution in [-0.2, 0) is 28.6 Å². The number of rotatable bonds is 65. The molecule has 474 valence electrons. The molecule has 0 aliphatic carbocycles. The molecule has 0 N–H and O–H groups in total. The number of ether oxygens (including phenoxy) is 3. The molecule has 0 bridgehead atoms. The maximum Gasteiger partial charge on any atom is 0.306 e. The summed E-state index contributed by atoms with van der Waals surface area (Å²) in [5, 5.41) is 0. The number of esters is 3. The first-order valence-electron chi connectivity index (χ1n) is 35.6. The van der Waals surface area contributed by atoms with Gasteiger partial charge in [0.05, 0.1) is 0 Å². The van der Waals surface area contributed by atoms with Crippen molar-refractivity contribution in [1.29, 1.82) is 0 Å². The average Bonchev–Trinajstić information content (AvgIpc) is 3.48. The van der Waals surface area contributed by atoms with Crippen molar-refractivity contribution in [2.75, 3.05) is 13.2 Å². The van der Waals surface area contributed by atoms with E-state index in [0.29, 0.717) is 19.3 Å². The highest BCUT2D eigenvalue weighted by atomic mass is 16.6. The Labute approximate surface area is 509 Å². The summed E-state index contributed by atoms with van der Waals surface area (Å²) in [5.41, 5.74) is 0. The maximum absolute atomic E-state index is 13.0. The summed E-state index contributed by atoms with van der Waals surface area (Å²) in [6, 6.07) is 0. The molecule has 1 unspecified atom stereocenters. The molecule has 1 atom stereocenters. The zero-order chi connectivity index (χ0) is 59.2. The topological polar surface area (TPSA) is 78.9 Å². The molecule has 0 rings (SSSR count). The fourth-order valence-electron chi connectivity index (χ4n) is 10.3. The van der Waals surface area contributed by atoms with E-state index in [4.69, 9.17) is 14.2 Å². The average molecular weight is 1140 g/mol. The molecular formula is C76H134O6. The summed E-state index contributed by atoms with van der Waals surface area (Å²) in [7, 11) is 0. The van der Waals surface area contributed by atoms with Gasteiger partial charge in [0.1, 0.15) is 13.2 Å². The molecule has 0 aliphatic heterocycles. The van der Waals surface area contributed by atoms with Crippen LogP contribution in [0.15, 0.2) is 85.1 Å². The number of carbonyl (C=O) groups is 3. The molecule has 0 aliphatic rings. The molecule has 0 aromatic carbocycles. The molecule has 0 spiro atoms. The van der Waals surface area contributed by atoms with E-state index in [1.807, 2.05) is 0 Å². The Hall–Kier alpha value is -3.41. The lowest BCUT2D eigenvalue weighted by Gasteiger charge is -2.18. The number of carbonyl (C=O) groups excluding carboxylic acids is 3. The standard InChI is InChI=1S/C76H134O6/c1-4-7-10-13-16-19-22-25-28-31-34-36-38-40-42-45-48-51-54-57-60-63-66-69-75(78)81-72-73(71-80-74(77)68-65-62-59-56-53-50-47-44-41-33-30-27-24-21-18-15-12-9-6-3)82-76(79)70-67-64-61-58-55-52-49-46-43-39-37-35-32-29-26-23-20-17-14-11-8-5-2/h7,10,16,19,25,27-28,30,34,36,40,42,48,51,73H,4-6,8-9,11-15,17-18,20-24,26,29,31-33,35,37-39,41,43-47,49-50,52-72H2,1-3H3/b10-7-,19-16-,28-25-,30-27-,36-34-,42-40-,51-48-. The second-order valence-electron chi connectivity index (χ2n) is 23.8. The van der Waals surface area contributed by atoms with Gasteiger partial charge in [-0.3, -0.25) is 14.4 Å². The molecule has 0 saturated carbocycles. The van der Waals surface area contributed by atoms with Crippen molar-refractivity contribution in [2.24, 2.45) is 0 Å². The van der Waals surface area contributed by atoms with Crippen LogP contribution >= 0.6 is 0 Å². The Morgan fingerprint density at radius 1 is 0.256 bits per heavy atom. The van der Waals surface area contributed by atoms with Crippen molar-refractivity contribution in [2.45, 2.75) is 367 Å². The number of hydrogen-bond donors (Lipinski definition) is 0. The fourth-order valence-corrected chi connectivity index (χ4v) is 10.3. The van der Waals surface area contributed by atoms with Gasteiger partial charge in [0.15, 0.2) is 6.10 Å². The van der Waals surface area contributed by atoms with E-state index < -0.39 is 6.10 Å². The Kier molecular flexibility index (Phi) is 67.2. The van der Waals surface area contributed by atoms with Crippen LogP contribution in [0, 0.1) is 0 Å². The van der Waals surface area contributed by atoms with Crippen molar-refractivity contribution in [3.8, 4) is 0 Å². The fraction of sp³-hybridized carbons (Fsp3) is 0.776. The van der Waals surface area contributed by atoms with E-state index in [-0.39, 0.29) is 31.1 Å². The van der Waals surface area contributed by atoms with Crippen LogP contribution < -0.4 is 0 Å². The molecule has 0 amide bonds. The second-order valence-corrected chi connectivity index (χ2v) is 23.8. The lowest BCUT2D eigenvalue weighted by atomic mass is 10.0. The van der Waals surface area contributed by atoms with Crippen molar-refractivity contribution in [3.05, 3.63) is 85.1 Å². The van der Waals surface area contributed by atoms with E-state index in [1.54, 1.807) is 0 Å². The number of allylic oxidation sites excluding steroid dienone is 14. The lowest BCUT2D eigenvalue weighted by molar-refractivity contribution is -0.167. The van der Waals surface area contributed by atoms with E-state index in [0.717, 1.165) is 109 Å². The van der Waals surface area contributed by atoms with Gasteiger partial charge in [0.25, 0.3) is 0 Å². The second kappa shape index (κ2) is 70.1. The molecule has 0 saturated heterocycles. The van der Waals surface area contributed by atoms with E-state index >= 15 is 0 Å². The van der Waals surface area contributed by atoms with Crippen molar-refractivity contribution < 1.29 is 28.6 Å². The van der Waals surface area contributed by atoms with Crippen LogP contribution in [0.2, 0.25) is 0 Å². The van der Waals surface area contributed by atoms with Gasteiger partial charge in [0, 0.05) is 19.3 Å². The predicted octanol–water partition coefficient (Wildman–Crippen LogP) is 24.6. The summed E-state index contributed by atoms with van der Waals surface area (Å²) in [6.45, 7) is 6.56. The van der Waals surface area contributed by atoms with Crippen LogP contribution in [-0.4, -0.2) is 37.2 Å². The van der Waals surface area contributed by atoms with Crippen molar-refractivity contribution >= 4 is 17.9 Å². The van der Waals surface area contributed by atoms with Crippen LogP contribution in [0.1, 0.15) is 361 Å². The van der Waals surface area contributed by atoms with E-state index in [1.165, 1.54) is 212 Å². The zero-order valence-corrected chi connectivity index (χ0v) is 54.5. The molecule has 0 aromatic rings. The van der Waals surface area contributed by atoms with Crippen LogP contribution in [0.3, 0.4) is 0 Å². The minimum absolute atomic E-state index is 0.0826. The molecule has 0 radical (unpaired) electrons. The van der Waals surface area contributed by atoms with Crippen molar-refractivity contribution in [1.82, 2.24) is 0 Å². The van der Waals surface area contributed by atoms with Gasteiger partial charge >= 0.3 is 17.9 Å². The van der Waals surface area contributed by atoms with Crippen LogP contribution in [0.4, 0.5) is 0 Å². The highest BCUT2D eigenvalue weighted by molar-refractivity contribution is 5.71. The zero-order valence-electron chi connectivity index (χ0n) is 54.5. The minimum atomic E-state index is -0.789. The third-order valence-corrected chi connectivity index (χ3v) is 15.6. The summed E-state index contributed by atoms with van der Waals surface area (Å²) in [4.78, 5) is 38.5. The Morgan fingerprint density at radius 2 is 0.476 bits per heavy atom. The number of hydrogen-bond acceptors (Lipinski definition) is 6. The predicted molar refractivity (Wildman–Crippen MR) is 358 cm³/mol. The first-order chi connectivity index (χ1) is 40.5. The van der Waals surface area contributed by atoms with Gasteiger partial charge in [0.2, 0.25) is 0 Å². The molecule has 6 heteroatoms. The van der Waals surface area contributed by atoms with Gasteiger partial charge in [-0.2, -0.15) is 0 Å². The van der Waals surface area contributed by atoms with Crippen LogP contribution in [0.25, 0.3) is 0 Å². The SMILES string of the molecule is CC/C=C\C/C=C\C/C=C\C/C=C\C/C=C\C/C=C\CCCCCCC(=O)OCC(COC(=O)CCCCCCCCCCC/C=C\CCCCCCCC)OC(=O)CCCCCCCCCCCCCCCCCCCCCCCC. The lowest BCUT2D eigenvalue weighted by Crippen LogP contribution is -2.30. The smallest absolute Gasteiger partial charge is 0.306 e. The van der Waals surface area contributed by atoms with E-state index in [9.17, 15) is 14.4 Å². The highest BCUT2D eigenvalue weighted by Crippen LogP contribution is 2.18. The van der Waals surface area contributed by atoms with Gasteiger partial charge in [-0.1, -0.05) is 331 Å². The Balaban J connectivity index is 4.40. The first kappa shape index (κ1) is 78.6. The Morgan fingerprint density at radius 3 is 0.756 bits per heavy atom.